The topological polar surface area (TPSA) is 88.9 Å². The number of para-hydroxylation sites is 1. The fourth-order valence-electron chi connectivity index (χ4n) is 4.14. The van der Waals surface area contributed by atoms with Crippen molar-refractivity contribution in [2.75, 3.05) is 25.1 Å². The molecule has 2 aliphatic rings. The van der Waals surface area contributed by atoms with Gasteiger partial charge in [0, 0.05) is 32.0 Å². The molecule has 3 heterocycles. The van der Waals surface area contributed by atoms with Crippen LogP contribution in [0.25, 0.3) is 0 Å². The number of ether oxygens (including phenoxy) is 1. The van der Waals surface area contributed by atoms with Gasteiger partial charge in [0.15, 0.2) is 0 Å². The zero-order chi connectivity index (χ0) is 20.8. The molecule has 0 bridgehead atoms. The van der Waals surface area contributed by atoms with Crippen molar-refractivity contribution in [2.24, 2.45) is 7.05 Å². The number of benzene rings is 1. The van der Waals surface area contributed by atoms with E-state index in [-0.39, 0.29) is 23.0 Å². The number of hydrogen-bond acceptors (Lipinski definition) is 5. The molecular weight excluding hydrogens is 394 g/mol. The van der Waals surface area contributed by atoms with Gasteiger partial charge in [-0.2, -0.15) is 4.31 Å². The molecular formula is C20H23N3O5S. The molecule has 0 N–H and O–H groups in total. The summed E-state index contributed by atoms with van der Waals surface area (Å²) in [5, 5.41) is 0. The molecule has 0 spiro atoms. The molecule has 154 valence electrons. The van der Waals surface area contributed by atoms with E-state index in [1.807, 2.05) is 24.3 Å². The van der Waals surface area contributed by atoms with E-state index in [0.717, 1.165) is 17.7 Å². The summed E-state index contributed by atoms with van der Waals surface area (Å²) in [5.74, 6) is -0.809. The van der Waals surface area contributed by atoms with Crippen LogP contribution in [0.5, 0.6) is 0 Å². The molecule has 0 saturated carbocycles. The lowest BCUT2D eigenvalue weighted by molar-refractivity contribution is -0.121. The molecule has 0 unspecified atom stereocenters. The van der Waals surface area contributed by atoms with E-state index in [1.54, 1.807) is 11.9 Å². The molecule has 8 nitrogen and oxygen atoms in total. The Hall–Kier alpha value is -2.65. The van der Waals surface area contributed by atoms with Crippen LogP contribution in [-0.2, 0) is 33.0 Å². The van der Waals surface area contributed by atoms with Crippen molar-refractivity contribution in [1.29, 1.82) is 0 Å². The van der Waals surface area contributed by atoms with E-state index in [9.17, 15) is 18.0 Å². The van der Waals surface area contributed by atoms with Crippen LogP contribution in [0.4, 0.5) is 5.69 Å². The summed E-state index contributed by atoms with van der Waals surface area (Å²) < 4.78 is 33.9. The number of nitrogens with zero attached hydrogens (tertiary/aromatic N) is 3. The van der Waals surface area contributed by atoms with Crippen molar-refractivity contribution in [3.63, 3.8) is 0 Å². The maximum absolute atomic E-state index is 13.3. The smallest absolute Gasteiger partial charge is 0.354 e. The van der Waals surface area contributed by atoms with Crippen LogP contribution in [0.2, 0.25) is 0 Å². The van der Waals surface area contributed by atoms with E-state index >= 15 is 0 Å². The second kappa shape index (κ2) is 7.31. The van der Waals surface area contributed by atoms with E-state index in [2.05, 4.69) is 0 Å². The van der Waals surface area contributed by atoms with Crippen molar-refractivity contribution in [1.82, 2.24) is 8.87 Å². The first-order valence-electron chi connectivity index (χ1n) is 9.50. The van der Waals surface area contributed by atoms with E-state index < -0.39 is 22.0 Å². The molecule has 29 heavy (non-hydrogen) atoms. The number of carbonyl (C=O) groups excluding carboxylic acids is 2. The predicted octanol–water partition coefficient (Wildman–Crippen LogP) is 1.55. The number of rotatable bonds is 4. The highest BCUT2D eigenvalue weighted by Crippen LogP contribution is 2.33. The van der Waals surface area contributed by atoms with Crippen LogP contribution >= 0.6 is 0 Å². The number of fused-ring (bicyclic) bond motifs is 1. The van der Waals surface area contributed by atoms with Crippen LogP contribution in [-0.4, -0.2) is 55.4 Å². The number of aromatic nitrogens is 1. The van der Waals surface area contributed by atoms with Gasteiger partial charge in [-0.25, -0.2) is 13.2 Å². The van der Waals surface area contributed by atoms with Crippen LogP contribution < -0.4 is 4.90 Å². The lowest BCUT2D eigenvalue weighted by atomic mass is 10.1. The van der Waals surface area contributed by atoms with Crippen LogP contribution in [0.15, 0.2) is 41.4 Å². The number of hydrogen-bond donors (Lipinski definition) is 0. The minimum Gasteiger partial charge on any atom is -0.464 e. The van der Waals surface area contributed by atoms with Gasteiger partial charge in [-0.3, -0.25) is 4.79 Å². The van der Waals surface area contributed by atoms with Crippen LogP contribution in [0.3, 0.4) is 0 Å². The number of carbonyl (C=O) groups is 2. The summed E-state index contributed by atoms with van der Waals surface area (Å²) >= 11 is 0. The monoisotopic (exact) mass is 417 g/mol. The third kappa shape index (κ3) is 3.24. The van der Waals surface area contributed by atoms with Crippen molar-refractivity contribution >= 4 is 27.6 Å². The Morgan fingerprint density at radius 2 is 1.93 bits per heavy atom. The average molecular weight is 417 g/mol. The van der Waals surface area contributed by atoms with Gasteiger partial charge in [-0.05, 0) is 37.0 Å². The molecule has 9 heteroatoms. The number of sulfonamides is 1. The fraction of sp³-hybridized carbons (Fsp3) is 0.400. The lowest BCUT2D eigenvalue weighted by Crippen LogP contribution is -2.47. The molecule has 4 rings (SSSR count). The highest BCUT2D eigenvalue weighted by molar-refractivity contribution is 7.89. The van der Waals surface area contributed by atoms with Gasteiger partial charge in [0.25, 0.3) is 0 Å². The number of aryl methyl sites for hydroxylation is 1. The van der Waals surface area contributed by atoms with Gasteiger partial charge in [-0.15, -0.1) is 0 Å². The second-order valence-corrected chi connectivity index (χ2v) is 9.20. The summed E-state index contributed by atoms with van der Waals surface area (Å²) in [4.78, 5) is 26.8. The highest BCUT2D eigenvalue weighted by atomic mass is 32.2. The number of anilines is 1. The quantitative estimate of drug-likeness (QED) is 0.705. The van der Waals surface area contributed by atoms with Crippen molar-refractivity contribution in [3.8, 4) is 0 Å². The van der Waals surface area contributed by atoms with Gasteiger partial charge in [0.2, 0.25) is 15.9 Å². The first kappa shape index (κ1) is 19.7. The maximum atomic E-state index is 13.3. The van der Waals surface area contributed by atoms with Crippen LogP contribution in [0, 0.1) is 0 Å². The third-order valence-corrected chi connectivity index (χ3v) is 7.50. The fourth-order valence-corrected chi connectivity index (χ4v) is 5.86. The third-order valence-electron chi connectivity index (χ3n) is 5.62. The standard InChI is InChI=1S/C20H23N3O5S/c1-21-13-15(12-18(21)20(25)28-2)29(26,27)23-10-5-8-17(23)19(24)22-11-9-14-6-3-4-7-16(14)22/h3-4,6-7,12-13,17H,5,8-11H2,1-2H3/t17-/m1/s1. The van der Waals surface area contributed by atoms with Gasteiger partial charge in [0.05, 0.1) is 7.11 Å². The minimum absolute atomic E-state index is 0.0121. The highest BCUT2D eigenvalue weighted by Gasteiger charge is 2.43. The predicted molar refractivity (Wildman–Crippen MR) is 106 cm³/mol. The normalized spacial score (nSPS) is 19.4. The molecule has 1 saturated heterocycles. The van der Waals surface area contributed by atoms with Crippen molar-refractivity contribution in [3.05, 3.63) is 47.8 Å². The van der Waals surface area contributed by atoms with E-state index in [4.69, 9.17) is 4.74 Å². The molecule has 2 aliphatic heterocycles. The number of methoxy groups -OCH3 is 1. The average Bonchev–Trinajstić information content (AvgIpc) is 3.44. The first-order valence-corrected chi connectivity index (χ1v) is 10.9. The molecule has 0 radical (unpaired) electrons. The summed E-state index contributed by atoms with van der Waals surface area (Å²) in [6.45, 7) is 0.830. The first-order chi connectivity index (χ1) is 13.8. The Morgan fingerprint density at radius 1 is 1.17 bits per heavy atom. The van der Waals surface area contributed by atoms with Crippen molar-refractivity contribution in [2.45, 2.75) is 30.2 Å². The molecule has 1 amide bonds. The van der Waals surface area contributed by atoms with Gasteiger partial charge in [-0.1, -0.05) is 18.2 Å². The summed E-state index contributed by atoms with van der Waals surface area (Å²) in [6, 6.07) is 8.26. The summed E-state index contributed by atoms with van der Waals surface area (Å²) in [5.41, 5.74) is 2.09. The van der Waals surface area contributed by atoms with Crippen LogP contribution in [0.1, 0.15) is 28.9 Å². The summed E-state index contributed by atoms with van der Waals surface area (Å²) in [6.07, 6.45) is 3.24. The van der Waals surface area contributed by atoms with Crippen molar-refractivity contribution < 1.29 is 22.7 Å². The maximum Gasteiger partial charge on any atom is 0.354 e. The minimum atomic E-state index is -3.93. The largest absolute Gasteiger partial charge is 0.464 e. The van der Waals surface area contributed by atoms with Gasteiger partial charge >= 0.3 is 5.97 Å². The molecule has 1 atom stereocenters. The lowest BCUT2D eigenvalue weighted by Gasteiger charge is -2.27. The Balaban J connectivity index is 1.63. The number of esters is 1. The summed E-state index contributed by atoms with van der Waals surface area (Å²) in [7, 11) is -1.10. The Morgan fingerprint density at radius 3 is 2.69 bits per heavy atom. The second-order valence-electron chi connectivity index (χ2n) is 7.31. The SMILES string of the molecule is COC(=O)c1cc(S(=O)(=O)N2CCC[C@@H]2C(=O)N2CCc3ccccc32)cn1C. The zero-order valence-corrected chi connectivity index (χ0v) is 17.2. The Bertz CT molecular complexity index is 1080. The van der Waals surface area contributed by atoms with Gasteiger partial charge < -0.3 is 14.2 Å². The van der Waals surface area contributed by atoms with E-state index in [0.29, 0.717) is 19.4 Å². The molecule has 1 aromatic heterocycles. The Labute approximate surface area is 169 Å². The Kier molecular flexibility index (Phi) is 4.95. The number of amides is 1. The molecule has 1 aromatic carbocycles. The molecule has 0 aliphatic carbocycles. The molecule has 2 aromatic rings. The van der Waals surface area contributed by atoms with E-state index in [1.165, 1.54) is 28.2 Å². The van der Waals surface area contributed by atoms with Gasteiger partial charge in [0.1, 0.15) is 16.6 Å². The molecule has 1 fully saturated rings. The zero-order valence-electron chi connectivity index (χ0n) is 16.4.